The quantitative estimate of drug-likeness (QED) is 0.507. The minimum atomic E-state index is -1.47. The minimum absolute atomic E-state index is 0.194. The number of anilines is 1. The van der Waals surface area contributed by atoms with E-state index in [9.17, 15) is 8.60 Å². The first-order chi connectivity index (χ1) is 8.75. The maximum Gasteiger partial charge on any atom is 0.145 e. The molecule has 0 amide bonds. The Kier molecular flexibility index (Phi) is 5.16. The van der Waals surface area contributed by atoms with Crippen LogP contribution in [0.4, 0.5) is 10.1 Å². The molecule has 106 valence electrons. The Balaban J connectivity index is 3.11. The van der Waals surface area contributed by atoms with E-state index in [-0.39, 0.29) is 5.56 Å². The van der Waals surface area contributed by atoms with E-state index in [4.69, 9.17) is 5.26 Å². The van der Waals surface area contributed by atoms with E-state index in [0.717, 1.165) is 0 Å². The molecule has 0 aliphatic heterocycles. The average molecular weight is 288 g/mol. The van der Waals surface area contributed by atoms with Gasteiger partial charge in [-0.1, -0.05) is 0 Å². The summed E-state index contributed by atoms with van der Waals surface area (Å²) < 4.78 is 29.1. The Morgan fingerprint density at radius 2 is 2.11 bits per heavy atom. The summed E-state index contributed by atoms with van der Waals surface area (Å²) in [5, 5.41) is 8.29. The SMILES string of the molecule is CC(=NS(=O)C(C)(C)C)c1cc(NOO)ccc1F. The molecule has 1 aromatic rings. The second kappa shape index (κ2) is 6.23. The number of nitrogens with one attached hydrogen (secondary N) is 1. The molecule has 2 N–H and O–H groups in total. The van der Waals surface area contributed by atoms with Gasteiger partial charge < -0.3 is 0 Å². The van der Waals surface area contributed by atoms with Gasteiger partial charge in [-0.05, 0) is 45.9 Å². The molecule has 0 radical (unpaired) electrons. The van der Waals surface area contributed by atoms with E-state index in [1.165, 1.54) is 18.2 Å². The highest BCUT2D eigenvalue weighted by Gasteiger charge is 2.20. The third-order valence-electron chi connectivity index (χ3n) is 2.26. The highest BCUT2D eigenvalue weighted by atomic mass is 32.2. The normalized spacial score (nSPS) is 14.3. The number of benzene rings is 1. The molecule has 7 heteroatoms. The predicted octanol–water partition coefficient (Wildman–Crippen LogP) is 2.91. The van der Waals surface area contributed by atoms with E-state index in [2.05, 4.69) is 14.9 Å². The van der Waals surface area contributed by atoms with Crippen molar-refractivity contribution in [3.8, 4) is 0 Å². The van der Waals surface area contributed by atoms with Crippen molar-refractivity contribution in [3.05, 3.63) is 29.6 Å². The topological polar surface area (TPSA) is 70.9 Å². The van der Waals surface area contributed by atoms with Gasteiger partial charge in [-0.3, -0.25) is 0 Å². The molecule has 1 atom stereocenters. The maximum absolute atomic E-state index is 13.7. The summed E-state index contributed by atoms with van der Waals surface area (Å²) in [4.78, 5) is 3.77. The van der Waals surface area contributed by atoms with Crippen molar-refractivity contribution in [3.63, 3.8) is 0 Å². The molecule has 1 rings (SSSR count). The number of nitrogens with zero attached hydrogens (tertiary/aromatic N) is 1. The van der Waals surface area contributed by atoms with E-state index >= 15 is 0 Å². The lowest BCUT2D eigenvalue weighted by Crippen LogP contribution is -2.20. The predicted molar refractivity (Wildman–Crippen MR) is 73.8 cm³/mol. The number of hydrogen-bond acceptors (Lipinski definition) is 4. The zero-order valence-electron chi connectivity index (χ0n) is 11.2. The second-order valence-corrected chi connectivity index (χ2v) is 6.83. The van der Waals surface area contributed by atoms with Crippen LogP contribution in [0.15, 0.2) is 22.6 Å². The largest absolute Gasteiger partial charge is 0.235 e. The van der Waals surface area contributed by atoms with Crippen LogP contribution in [0.3, 0.4) is 0 Å². The van der Waals surface area contributed by atoms with E-state index in [1.54, 1.807) is 27.7 Å². The van der Waals surface area contributed by atoms with Crippen molar-refractivity contribution in [1.82, 2.24) is 0 Å². The number of rotatable bonds is 4. The third-order valence-corrected chi connectivity index (χ3v) is 3.75. The monoisotopic (exact) mass is 288 g/mol. The van der Waals surface area contributed by atoms with Gasteiger partial charge in [-0.25, -0.2) is 19.3 Å². The molecule has 0 saturated heterocycles. The van der Waals surface area contributed by atoms with Gasteiger partial charge in [0, 0.05) is 5.56 Å². The highest BCUT2D eigenvalue weighted by Crippen LogP contribution is 2.18. The van der Waals surface area contributed by atoms with Crippen molar-refractivity contribution >= 4 is 22.4 Å². The van der Waals surface area contributed by atoms with Gasteiger partial charge in [-0.15, -0.1) is 4.99 Å². The van der Waals surface area contributed by atoms with Crippen LogP contribution < -0.4 is 5.48 Å². The molecular formula is C12H17FN2O3S. The van der Waals surface area contributed by atoms with Crippen LogP contribution in [-0.2, 0) is 16.0 Å². The molecule has 0 aliphatic rings. The van der Waals surface area contributed by atoms with Crippen LogP contribution in [-0.4, -0.2) is 19.9 Å². The molecule has 0 spiro atoms. The summed E-state index contributed by atoms with van der Waals surface area (Å²) in [7, 11) is -1.47. The van der Waals surface area contributed by atoms with Crippen LogP contribution in [0, 0.1) is 5.82 Å². The molecular weight excluding hydrogens is 271 g/mol. The molecule has 0 aliphatic carbocycles. The molecule has 19 heavy (non-hydrogen) atoms. The van der Waals surface area contributed by atoms with E-state index < -0.39 is 21.5 Å². The van der Waals surface area contributed by atoms with Crippen molar-refractivity contribution in [2.45, 2.75) is 32.4 Å². The summed E-state index contributed by atoms with van der Waals surface area (Å²) >= 11 is 0. The molecule has 1 unspecified atom stereocenters. The maximum atomic E-state index is 13.7. The number of hydrogen-bond donors (Lipinski definition) is 2. The summed E-state index contributed by atoms with van der Waals surface area (Å²) in [6.45, 7) is 6.93. The fourth-order valence-corrected chi connectivity index (χ4v) is 1.85. The lowest BCUT2D eigenvalue weighted by molar-refractivity contribution is -0.215. The van der Waals surface area contributed by atoms with Gasteiger partial charge in [0.2, 0.25) is 0 Å². The molecule has 0 saturated carbocycles. The zero-order valence-corrected chi connectivity index (χ0v) is 12.0. The Morgan fingerprint density at radius 1 is 1.47 bits per heavy atom. The van der Waals surface area contributed by atoms with Crippen molar-refractivity contribution in [2.75, 3.05) is 5.48 Å². The van der Waals surface area contributed by atoms with Crippen LogP contribution >= 0.6 is 0 Å². The Bertz CT molecular complexity index is 512. The van der Waals surface area contributed by atoms with Crippen molar-refractivity contribution in [2.24, 2.45) is 4.40 Å². The van der Waals surface area contributed by atoms with Gasteiger partial charge >= 0.3 is 0 Å². The van der Waals surface area contributed by atoms with Crippen molar-refractivity contribution < 1.29 is 18.8 Å². The van der Waals surface area contributed by atoms with Gasteiger partial charge in [0.05, 0.1) is 16.1 Å². The molecule has 0 aromatic heterocycles. The Hall–Kier alpha value is -1.31. The van der Waals surface area contributed by atoms with Crippen LogP contribution in [0.2, 0.25) is 0 Å². The Labute approximate surface area is 114 Å². The zero-order chi connectivity index (χ0) is 14.6. The molecule has 1 aromatic carbocycles. The smallest absolute Gasteiger partial charge is 0.145 e. The lowest BCUT2D eigenvalue weighted by atomic mass is 10.1. The van der Waals surface area contributed by atoms with Gasteiger partial charge in [0.15, 0.2) is 0 Å². The van der Waals surface area contributed by atoms with Gasteiger partial charge in [-0.2, -0.15) is 4.40 Å². The first-order valence-electron chi connectivity index (χ1n) is 5.59. The molecule has 0 fully saturated rings. The summed E-state index contributed by atoms with van der Waals surface area (Å²) in [5.74, 6) is -0.490. The second-order valence-electron chi connectivity index (χ2n) is 4.93. The fraction of sp³-hybridized carbons (Fsp3) is 0.417. The van der Waals surface area contributed by atoms with Crippen LogP contribution in [0.5, 0.6) is 0 Å². The molecule has 5 nitrogen and oxygen atoms in total. The number of halogens is 1. The third kappa shape index (κ3) is 4.38. The Morgan fingerprint density at radius 3 is 2.63 bits per heavy atom. The van der Waals surface area contributed by atoms with Crippen LogP contribution in [0.25, 0.3) is 0 Å². The highest BCUT2D eigenvalue weighted by molar-refractivity contribution is 7.85. The minimum Gasteiger partial charge on any atom is -0.235 e. The van der Waals surface area contributed by atoms with Gasteiger partial charge in [0.1, 0.15) is 16.8 Å². The van der Waals surface area contributed by atoms with Crippen LogP contribution in [0.1, 0.15) is 33.3 Å². The van der Waals surface area contributed by atoms with E-state index in [1.807, 2.05) is 0 Å². The fourth-order valence-electron chi connectivity index (χ4n) is 1.23. The van der Waals surface area contributed by atoms with Crippen molar-refractivity contribution in [1.29, 1.82) is 0 Å². The summed E-state index contributed by atoms with van der Waals surface area (Å²) in [6.07, 6.45) is 0. The standard InChI is InChI=1S/C12H17FN2O3S/c1-8(15-19(17)12(2,3)4)10-7-9(14-18-16)5-6-11(10)13/h5-7,14,16H,1-4H3. The first kappa shape index (κ1) is 15.7. The van der Waals surface area contributed by atoms with E-state index in [0.29, 0.717) is 11.4 Å². The summed E-state index contributed by atoms with van der Waals surface area (Å²) in [5.41, 5.74) is 3.03. The lowest BCUT2D eigenvalue weighted by Gasteiger charge is -2.14. The molecule has 0 heterocycles. The average Bonchev–Trinajstić information content (AvgIpc) is 2.30. The summed E-state index contributed by atoms with van der Waals surface area (Å²) in [6, 6.07) is 4.00. The van der Waals surface area contributed by atoms with Gasteiger partial charge in [0.25, 0.3) is 0 Å². The molecule has 0 bridgehead atoms. The first-order valence-corrected chi connectivity index (χ1v) is 6.70.